The molecule has 0 aromatic carbocycles. The molecular formula is C10H13N5O4. The van der Waals surface area contributed by atoms with Crippen LogP contribution in [0.25, 0.3) is 0 Å². The van der Waals surface area contributed by atoms with Crippen LogP contribution in [-0.4, -0.2) is 34.9 Å². The van der Waals surface area contributed by atoms with Crippen LogP contribution in [0.4, 0.5) is 5.82 Å². The summed E-state index contributed by atoms with van der Waals surface area (Å²) in [6, 6.07) is 0. The Kier molecular flexibility index (Phi) is 4.63. The van der Waals surface area contributed by atoms with Gasteiger partial charge in [0.25, 0.3) is 5.91 Å². The van der Waals surface area contributed by atoms with Crippen molar-refractivity contribution in [1.29, 1.82) is 0 Å². The lowest BCUT2D eigenvalue weighted by atomic mass is 10.4. The molecule has 0 saturated heterocycles. The van der Waals surface area contributed by atoms with E-state index in [9.17, 15) is 14.4 Å². The van der Waals surface area contributed by atoms with Crippen molar-refractivity contribution in [3.63, 3.8) is 0 Å². The van der Waals surface area contributed by atoms with Crippen molar-refractivity contribution in [3.05, 3.63) is 23.9 Å². The minimum atomic E-state index is -0.751. The normalized spacial score (nSPS) is 10.7. The van der Waals surface area contributed by atoms with Gasteiger partial charge in [0.1, 0.15) is 11.4 Å². The van der Waals surface area contributed by atoms with Gasteiger partial charge in [-0.1, -0.05) is 0 Å². The second-order valence-corrected chi connectivity index (χ2v) is 3.37. The van der Waals surface area contributed by atoms with Gasteiger partial charge in [-0.3, -0.25) is 9.59 Å². The van der Waals surface area contributed by atoms with Crippen LogP contribution >= 0.6 is 0 Å². The van der Waals surface area contributed by atoms with E-state index in [1.165, 1.54) is 20.4 Å². The Balaban J connectivity index is 2.91. The summed E-state index contributed by atoms with van der Waals surface area (Å²) in [4.78, 5) is 39.6. The third-order valence-corrected chi connectivity index (χ3v) is 1.95. The zero-order chi connectivity index (χ0) is 14.4. The number of hydrogen-bond donors (Lipinski definition) is 4. The fraction of sp³-hybridized carbons (Fsp3) is 0.200. The Morgan fingerprint density at radius 2 is 2.16 bits per heavy atom. The molecule has 2 amide bonds. The molecule has 0 aliphatic carbocycles. The highest BCUT2D eigenvalue weighted by Crippen LogP contribution is 2.08. The summed E-state index contributed by atoms with van der Waals surface area (Å²) in [5, 5.41) is 4.85. The van der Waals surface area contributed by atoms with E-state index in [-0.39, 0.29) is 17.2 Å². The van der Waals surface area contributed by atoms with Gasteiger partial charge in [-0.2, -0.15) is 0 Å². The Labute approximate surface area is 108 Å². The Morgan fingerprint density at radius 1 is 1.47 bits per heavy atom. The quantitative estimate of drug-likeness (QED) is 0.401. The number of imidazole rings is 1. The van der Waals surface area contributed by atoms with Crippen molar-refractivity contribution in [2.75, 3.05) is 12.4 Å². The average Bonchev–Trinajstić information content (AvgIpc) is 2.81. The summed E-state index contributed by atoms with van der Waals surface area (Å²) >= 11 is 0. The van der Waals surface area contributed by atoms with Crippen LogP contribution in [0.15, 0.2) is 18.2 Å². The van der Waals surface area contributed by atoms with E-state index in [4.69, 9.17) is 5.73 Å². The number of carbonyl (C=O) groups excluding carboxylic acids is 3. The molecule has 19 heavy (non-hydrogen) atoms. The topological polar surface area (TPSA) is 139 Å². The number of anilines is 1. The highest BCUT2D eigenvalue weighted by atomic mass is 16.5. The van der Waals surface area contributed by atoms with Crippen molar-refractivity contribution >= 4 is 23.6 Å². The summed E-state index contributed by atoms with van der Waals surface area (Å²) in [6.45, 7) is 1.24. The minimum Gasteiger partial charge on any atom is -0.464 e. The molecule has 9 nitrogen and oxygen atoms in total. The number of ether oxygens (including phenoxy) is 1. The molecule has 0 atom stereocenters. The monoisotopic (exact) mass is 267 g/mol. The molecule has 0 unspecified atom stereocenters. The second-order valence-electron chi connectivity index (χ2n) is 3.37. The third-order valence-electron chi connectivity index (χ3n) is 1.95. The molecule has 102 valence electrons. The van der Waals surface area contributed by atoms with Gasteiger partial charge in [0.05, 0.1) is 13.4 Å². The molecule has 5 N–H and O–H groups in total. The van der Waals surface area contributed by atoms with E-state index in [1.54, 1.807) is 0 Å². The summed E-state index contributed by atoms with van der Waals surface area (Å²) in [6.07, 6.45) is 2.41. The van der Waals surface area contributed by atoms with E-state index in [1.807, 2.05) is 0 Å². The lowest BCUT2D eigenvalue weighted by Gasteiger charge is -2.06. The van der Waals surface area contributed by atoms with Crippen LogP contribution in [0.2, 0.25) is 0 Å². The number of hydrogen-bond acceptors (Lipinski definition) is 6. The van der Waals surface area contributed by atoms with Gasteiger partial charge in [0.2, 0.25) is 5.91 Å². The zero-order valence-corrected chi connectivity index (χ0v) is 10.3. The number of nitrogens with one attached hydrogen (secondary N) is 3. The van der Waals surface area contributed by atoms with Crippen LogP contribution < -0.4 is 16.4 Å². The van der Waals surface area contributed by atoms with Gasteiger partial charge in [-0.25, -0.2) is 9.78 Å². The number of aromatic amines is 1. The number of primary amides is 1. The molecule has 0 bridgehead atoms. The Morgan fingerprint density at radius 3 is 2.68 bits per heavy atom. The molecule has 9 heteroatoms. The number of rotatable bonds is 5. The summed E-state index contributed by atoms with van der Waals surface area (Å²) in [7, 11) is 1.17. The van der Waals surface area contributed by atoms with Crippen molar-refractivity contribution in [2.45, 2.75) is 6.92 Å². The van der Waals surface area contributed by atoms with Gasteiger partial charge in [0, 0.05) is 13.1 Å². The number of aromatic nitrogens is 2. The van der Waals surface area contributed by atoms with Crippen LogP contribution in [0.5, 0.6) is 0 Å². The first-order valence-electron chi connectivity index (χ1n) is 5.11. The lowest BCUT2D eigenvalue weighted by molar-refractivity contribution is -0.137. The number of carbonyl (C=O) groups is 3. The standard InChI is InChI=1S/C10H13N5O4/c1-5(16)15-6(10(18)19-2)3-12-9-7(8(11)17)13-4-14-9/h3-4,12H,1-2H3,(H2,11,17)(H,13,14)(H,15,16)/b6-3-. The average molecular weight is 267 g/mol. The first kappa shape index (κ1) is 14.2. The molecular weight excluding hydrogens is 254 g/mol. The SMILES string of the molecule is COC(=O)/C(=C/Nc1nc[nH]c1C(N)=O)NC(C)=O. The van der Waals surface area contributed by atoms with E-state index >= 15 is 0 Å². The highest BCUT2D eigenvalue weighted by Gasteiger charge is 2.13. The van der Waals surface area contributed by atoms with Crippen LogP contribution in [0.3, 0.4) is 0 Å². The number of nitrogens with two attached hydrogens (primary N) is 1. The molecule has 0 fully saturated rings. The second kappa shape index (κ2) is 6.19. The smallest absolute Gasteiger partial charge is 0.356 e. The van der Waals surface area contributed by atoms with E-state index < -0.39 is 17.8 Å². The van der Waals surface area contributed by atoms with Gasteiger partial charge < -0.3 is 26.1 Å². The number of methoxy groups -OCH3 is 1. The van der Waals surface area contributed by atoms with Gasteiger partial charge in [-0.15, -0.1) is 0 Å². The third kappa shape index (κ3) is 3.84. The predicted octanol–water partition coefficient (Wildman–Crippen LogP) is -0.929. The fourth-order valence-corrected chi connectivity index (χ4v) is 1.18. The molecule has 0 saturated carbocycles. The predicted molar refractivity (Wildman–Crippen MR) is 64.6 cm³/mol. The highest BCUT2D eigenvalue weighted by molar-refractivity contribution is 5.96. The van der Waals surface area contributed by atoms with Gasteiger partial charge in [-0.05, 0) is 0 Å². The molecule has 0 spiro atoms. The van der Waals surface area contributed by atoms with Crippen LogP contribution in [-0.2, 0) is 14.3 Å². The molecule has 0 aliphatic heterocycles. The van der Waals surface area contributed by atoms with Crippen molar-refractivity contribution in [2.24, 2.45) is 5.73 Å². The van der Waals surface area contributed by atoms with Crippen molar-refractivity contribution in [3.8, 4) is 0 Å². The van der Waals surface area contributed by atoms with E-state index in [2.05, 4.69) is 25.3 Å². The van der Waals surface area contributed by atoms with Gasteiger partial charge >= 0.3 is 5.97 Å². The molecule has 0 aliphatic rings. The molecule has 1 aromatic heterocycles. The number of amides is 2. The first-order chi connectivity index (χ1) is 8.95. The minimum absolute atomic E-state index is 0.0447. The maximum Gasteiger partial charge on any atom is 0.356 e. The maximum atomic E-state index is 11.4. The number of H-pyrrole nitrogens is 1. The summed E-state index contributed by atoms with van der Waals surface area (Å²) in [5.74, 6) is -1.79. The Bertz CT molecular complexity index is 534. The number of nitrogens with zero attached hydrogens (tertiary/aromatic N) is 1. The largest absolute Gasteiger partial charge is 0.464 e. The molecule has 0 radical (unpaired) electrons. The summed E-state index contributed by atoms with van der Waals surface area (Å²) < 4.78 is 4.48. The lowest BCUT2D eigenvalue weighted by Crippen LogP contribution is -2.26. The Hall–Kier alpha value is -2.84. The van der Waals surface area contributed by atoms with Gasteiger partial charge in [0.15, 0.2) is 5.82 Å². The van der Waals surface area contributed by atoms with Crippen molar-refractivity contribution in [1.82, 2.24) is 15.3 Å². The number of esters is 1. The zero-order valence-electron chi connectivity index (χ0n) is 10.3. The maximum absolute atomic E-state index is 11.4. The molecule has 1 heterocycles. The first-order valence-corrected chi connectivity index (χ1v) is 5.11. The molecule has 1 aromatic rings. The fourth-order valence-electron chi connectivity index (χ4n) is 1.18. The van der Waals surface area contributed by atoms with Crippen molar-refractivity contribution < 1.29 is 19.1 Å². The van der Waals surface area contributed by atoms with Crippen LogP contribution in [0, 0.1) is 0 Å². The van der Waals surface area contributed by atoms with Crippen LogP contribution in [0.1, 0.15) is 17.4 Å². The van der Waals surface area contributed by atoms with E-state index in [0.717, 1.165) is 6.20 Å². The molecule has 1 rings (SSSR count). The van der Waals surface area contributed by atoms with E-state index in [0.29, 0.717) is 0 Å². The summed E-state index contributed by atoms with van der Waals surface area (Å²) in [5.41, 5.74) is 5.01.